The maximum atomic E-state index is 12.8. The number of nitrogens with zero attached hydrogens (tertiary/aromatic N) is 2. The van der Waals surface area contributed by atoms with E-state index in [1.54, 1.807) is 12.3 Å². The van der Waals surface area contributed by atoms with Crippen molar-refractivity contribution in [2.45, 2.75) is 18.9 Å². The summed E-state index contributed by atoms with van der Waals surface area (Å²) in [6.45, 7) is 0.979. The van der Waals surface area contributed by atoms with Crippen LogP contribution in [0.5, 0.6) is 5.75 Å². The summed E-state index contributed by atoms with van der Waals surface area (Å²) in [6, 6.07) is 11.6. The van der Waals surface area contributed by atoms with Crippen molar-refractivity contribution in [3.63, 3.8) is 0 Å². The number of hydrogen-bond donors (Lipinski definition) is 0. The quantitative estimate of drug-likeness (QED) is 0.689. The molecule has 23 heavy (non-hydrogen) atoms. The lowest BCUT2D eigenvalue weighted by Crippen LogP contribution is -2.36. The zero-order chi connectivity index (χ0) is 16.2. The van der Waals surface area contributed by atoms with Gasteiger partial charge in [-0.3, -0.25) is 4.79 Å². The van der Waals surface area contributed by atoms with Gasteiger partial charge in [0.15, 0.2) is 0 Å². The van der Waals surface area contributed by atoms with E-state index in [0.717, 1.165) is 23.1 Å². The molecule has 0 N–H and O–H groups in total. The minimum absolute atomic E-state index is 0.0945. The number of carbonyl (C=O) groups is 1. The summed E-state index contributed by atoms with van der Waals surface area (Å²) >= 11 is 9.41. The fraction of sp³-hybridized carbons (Fsp3) is 0.294. The van der Waals surface area contributed by atoms with Crippen LogP contribution in [0.3, 0.4) is 0 Å². The Kier molecular flexibility index (Phi) is 5.18. The van der Waals surface area contributed by atoms with Gasteiger partial charge in [0, 0.05) is 16.7 Å². The molecule has 0 radical (unpaired) electrons. The number of para-hydroxylation sites is 1. The molecule has 0 saturated heterocycles. The molecule has 2 aromatic rings. The summed E-state index contributed by atoms with van der Waals surface area (Å²) < 4.78 is 6.44. The molecule has 1 aromatic heterocycles. The maximum Gasteiger partial charge on any atom is 0.257 e. The van der Waals surface area contributed by atoms with Crippen molar-refractivity contribution in [2.75, 3.05) is 13.2 Å². The summed E-state index contributed by atoms with van der Waals surface area (Å²) in [7, 11) is 0. The van der Waals surface area contributed by atoms with Crippen molar-refractivity contribution in [2.24, 2.45) is 0 Å². The van der Waals surface area contributed by atoms with E-state index >= 15 is 0 Å². The predicted molar refractivity (Wildman–Crippen MR) is 92.9 cm³/mol. The van der Waals surface area contributed by atoms with Gasteiger partial charge >= 0.3 is 0 Å². The molecule has 1 aliphatic rings. The van der Waals surface area contributed by atoms with Gasteiger partial charge in [-0.2, -0.15) is 0 Å². The smallest absolute Gasteiger partial charge is 0.257 e. The molecular formula is C17H16BrClN2O2. The molecule has 120 valence electrons. The highest BCUT2D eigenvalue weighted by Gasteiger charge is 2.33. The van der Waals surface area contributed by atoms with E-state index in [1.165, 1.54) is 0 Å². The van der Waals surface area contributed by atoms with Crippen LogP contribution in [0, 0.1) is 0 Å². The minimum Gasteiger partial charge on any atom is -0.492 e. The summed E-state index contributed by atoms with van der Waals surface area (Å²) in [6.07, 6.45) is 3.63. The molecule has 1 fully saturated rings. The number of halogens is 2. The fourth-order valence-electron chi connectivity index (χ4n) is 2.34. The third-order valence-corrected chi connectivity index (χ3v) is 4.36. The van der Waals surface area contributed by atoms with Crippen LogP contribution in [-0.2, 0) is 0 Å². The molecule has 3 rings (SSSR count). The van der Waals surface area contributed by atoms with Crippen LogP contribution in [0.2, 0.25) is 5.15 Å². The van der Waals surface area contributed by atoms with Gasteiger partial charge in [-0.25, -0.2) is 4.98 Å². The van der Waals surface area contributed by atoms with Gasteiger partial charge in [-0.15, -0.1) is 0 Å². The Labute approximate surface area is 148 Å². The molecular weight excluding hydrogens is 380 g/mol. The normalized spacial score (nSPS) is 13.7. The van der Waals surface area contributed by atoms with Crippen molar-refractivity contribution in [3.05, 3.63) is 57.8 Å². The Morgan fingerprint density at radius 2 is 2.09 bits per heavy atom. The molecule has 0 atom stereocenters. The number of hydrogen-bond acceptors (Lipinski definition) is 3. The van der Waals surface area contributed by atoms with Gasteiger partial charge in [0.2, 0.25) is 0 Å². The number of ether oxygens (including phenoxy) is 1. The number of rotatable bonds is 6. The number of pyridine rings is 1. The van der Waals surface area contributed by atoms with E-state index < -0.39 is 0 Å². The summed E-state index contributed by atoms with van der Waals surface area (Å²) in [5.41, 5.74) is 0.424. The van der Waals surface area contributed by atoms with Gasteiger partial charge in [0.1, 0.15) is 17.5 Å². The van der Waals surface area contributed by atoms with Crippen molar-refractivity contribution in [1.82, 2.24) is 9.88 Å². The molecule has 1 aromatic carbocycles. The summed E-state index contributed by atoms with van der Waals surface area (Å²) in [5.74, 6) is 0.709. The lowest BCUT2D eigenvalue weighted by atomic mass is 10.2. The van der Waals surface area contributed by atoms with Gasteiger partial charge < -0.3 is 9.64 Å². The predicted octanol–water partition coefficient (Wildman–Crippen LogP) is 4.18. The summed E-state index contributed by atoms with van der Waals surface area (Å²) in [5, 5.41) is 0.229. The SMILES string of the molecule is O=C(c1cc(Br)cnc1Cl)N(CCOc1ccccc1)C1CC1. The average Bonchev–Trinajstić information content (AvgIpc) is 3.39. The van der Waals surface area contributed by atoms with Crippen LogP contribution in [0.1, 0.15) is 23.2 Å². The van der Waals surface area contributed by atoms with E-state index in [9.17, 15) is 4.79 Å². The minimum atomic E-state index is -0.0945. The van der Waals surface area contributed by atoms with Gasteiger partial charge in [0.05, 0.1) is 12.1 Å². The average molecular weight is 396 g/mol. The Morgan fingerprint density at radius 1 is 1.35 bits per heavy atom. The standard InChI is InChI=1S/C17H16BrClN2O2/c18-12-10-15(16(19)20-11-12)17(22)21(13-6-7-13)8-9-23-14-4-2-1-3-5-14/h1-5,10-11,13H,6-9H2. The Morgan fingerprint density at radius 3 is 2.78 bits per heavy atom. The van der Waals surface area contributed by atoms with E-state index in [0.29, 0.717) is 18.7 Å². The van der Waals surface area contributed by atoms with E-state index in [1.807, 2.05) is 35.2 Å². The number of aromatic nitrogens is 1. The van der Waals surface area contributed by atoms with E-state index in [2.05, 4.69) is 20.9 Å². The number of amides is 1. The molecule has 0 unspecified atom stereocenters. The first-order valence-electron chi connectivity index (χ1n) is 7.45. The topological polar surface area (TPSA) is 42.4 Å². The third-order valence-electron chi connectivity index (χ3n) is 3.63. The number of benzene rings is 1. The van der Waals surface area contributed by atoms with Crippen LogP contribution in [0.15, 0.2) is 47.1 Å². The molecule has 0 bridgehead atoms. The lowest BCUT2D eigenvalue weighted by Gasteiger charge is -2.23. The highest BCUT2D eigenvalue weighted by molar-refractivity contribution is 9.10. The van der Waals surface area contributed by atoms with Crippen LogP contribution in [0.4, 0.5) is 0 Å². The Balaban J connectivity index is 1.66. The first kappa shape index (κ1) is 16.3. The van der Waals surface area contributed by atoms with Gasteiger partial charge in [-0.05, 0) is 47.0 Å². The number of carbonyl (C=O) groups excluding carboxylic acids is 1. The molecule has 0 spiro atoms. The van der Waals surface area contributed by atoms with Crippen LogP contribution >= 0.6 is 27.5 Å². The monoisotopic (exact) mass is 394 g/mol. The molecule has 6 heteroatoms. The second-order valence-corrected chi connectivity index (χ2v) is 6.66. The lowest BCUT2D eigenvalue weighted by molar-refractivity contribution is 0.0716. The zero-order valence-corrected chi connectivity index (χ0v) is 14.8. The summed E-state index contributed by atoms with van der Waals surface area (Å²) in [4.78, 5) is 18.6. The Hall–Kier alpha value is -1.59. The first-order valence-corrected chi connectivity index (χ1v) is 8.62. The Bertz CT molecular complexity index is 692. The van der Waals surface area contributed by atoms with Crippen molar-refractivity contribution in [3.8, 4) is 5.75 Å². The second-order valence-electron chi connectivity index (χ2n) is 5.38. The molecule has 4 nitrogen and oxygen atoms in total. The second kappa shape index (κ2) is 7.32. The zero-order valence-electron chi connectivity index (χ0n) is 12.4. The van der Waals surface area contributed by atoms with Crippen molar-refractivity contribution >= 4 is 33.4 Å². The van der Waals surface area contributed by atoms with Gasteiger partial charge in [-0.1, -0.05) is 29.8 Å². The highest BCUT2D eigenvalue weighted by Crippen LogP contribution is 2.30. The molecule has 1 amide bonds. The molecule has 1 aliphatic carbocycles. The first-order chi connectivity index (χ1) is 11.1. The fourth-order valence-corrected chi connectivity index (χ4v) is 2.86. The van der Waals surface area contributed by atoms with Crippen molar-refractivity contribution < 1.29 is 9.53 Å². The van der Waals surface area contributed by atoms with Crippen molar-refractivity contribution in [1.29, 1.82) is 0 Å². The molecule has 1 heterocycles. The maximum absolute atomic E-state index is 12.8. The van der Waals surface area contributed by atoms with Crippen LogP contribution in [0.25, 0.3) is 0 Å². The molecule has 0 aliphatic heterocycles. The highest BCUT2D eigenvalue weighted by atomic mass is 79.9. The van der Waals surface area contributed by atoms with Crippen LogP contribution < -0.4 is 4.74 Å². The largest absolute Gasteiger partial charge is 0.492 e. The van der Waals surface area contributed by atoms with E-state index in [4.69, 9.17) is 16.3 Å². The third kappa shape index (κ3) is 4.24. The van der Waals surface area contributed by atoms with Crippen LogP contribution in [-0.4, -0.2) is 35.0 Å². The van der Waals surface area contributed by atoms with E-state index in [-0.39, 0.29) is 17.1 Å². The molecule has 1 saturated carbocycles. The van der Waals surface area contributed by atoms with Gasteiger partial charge in [0.25, 0.3) is 5.91 Å².